The van der Waals surface area contributed by atoms with E-state index in [9.17, 15) is 9.59 Å². The third-order valence-electron chi connectivity index (χ3n) is 1.93. The van der Waals surface area contributed by atoms with Gasteiger partial charge in [-0.3, -0.25) is 4.79 Å². The number of primary amides is 1. The van der Waals surface area contributed by atoms with Crippen molar-refractivity contribution in [2.24, 2.45) is 17.6 Å². The molecule has 0 spiro atoms. The van der Waals surface area contributed by atoms with E-state index in [0.29, 0.717) is 12.5 Å². The van der Waals surface area contributed by atoms with Gasteiger partial charge in [-0.15, -0.1) is 0 Å². The zero-order chi connectivity index (χ0) is 12.0. The highest BCUT2D eigenvalue weighted by molar-refractivity contribution is 5.86. The zero-order valence-electron chi connectivity index (χ0n) is 9.83. The first-order valence-electron chi connectivity index (χ1n) is 5.18. The van der Waals surface area contributed by atoms with E-state index in [0.717, 1.165) is 0 Å². The van der Waals surface area contributed by atoms with Crippen LogP contribution in [-0.2, 0) is 4.79 Å². The molecular weight excluding hydrogens is 194 g/mol. The average Bonchev–Trinajstić information content (AvgIpc) is 2.09. The van der Waals surface area contributed by atoms with Crippen molar-refractivity contribution in [3.63, 3.8) is 0 Å². The molecule has 0 rings (SSSR count). The summed E-state index contributed by atoms with van der Waals surface area (Å²) in [5.41, 5.74) is 4.99. The Morgan fingerprint density at radius 3 is 2.07 bits per heavy atom. The largest absolute Gasteiger partial charge is 0.354 e. The molecule has 3 amide bonds. The molecule has 0 saturated heterocycles. The lowest BCUT2D eigenvalue weighted by Crippen LogP contribution is -2.51. The summed E-state index contributed by atoms with van der Waals surface area (Å²) in [6.07, 6.45) is 0. The van der Waals surface area contributed by atoms with Crippen LogP contribution in [0.5, 0.6) is 0 Å². The molecule has 0 aromatic heterocycles. The van der Waals surface area contributed by atoms with Gasteiger partial charge in [0.2, 0.25) is 5.91 Å². The van der Waals surface area contributed by atoms with Crippen molar-refractivity contribution in [3.8, 4) is 0 Å². The van der Waals surface area contributed by atoms with Crippen LogP contribution < -0.4 is 16.4 Å². The summed E-state index contributed by atoms with van der Waals surface area (Å²) in [4.78, 5) is 22.3. The van der Waals surface area contributed by atoms with Gasteiger partial charge in [0.1, 0.15) is 6.04 Å². The maximum absolute atomic E-state index is 11.6. The van der Waals surface area contributed by atoms with E-state index in [1.807, 2.05) is 27.7 Å². The summed E-state index contributed by atoms with van der Waals surface area (Å²) in [5.74, 6) is 0.220. The number of nitrogens with two attached hydrogens (primary N) is 1. The summed E-state index contributed by atoms with van der Waals surface area (Å²) >= 11 is 0. The Hall–Kier alpha value is -1.26. The second kappa shape index (κ2) is 6.27. The van der Waals surface area contributed by atoms with Gasteiger partial charge in [-0.2, -0.15) is 0 Å². The summed E-state index contributed by atoms with van der Waals surface area (Å²) in [6.45, 7) is 8.33. The molecule has 0 aliphatic heterocycles. The number of nitrogens with one attached hydrogen (secondary N) is 2. The number of carbonyl (C=O) groups excluding carboxylic acids is 2. The second-order valence-corrected chi connectivity index (χ2v) is 4.37. The van der Waals surface area contributed by atoms with Gasteiger partial charge in [0.15, 0.2) is 0 Å². The fraction of sp³-hybridized carbons (Fsp3) is 0.800. The molecule has 0 unspecified atom stereocenters. The van der Waals surface area contributed by atoms with Crippen LogP contribution >= 0.6 is 0 Å². The molecule has 0 radical (unpaired) electrons. The van der Waals surface area contributed by atoms with E-state index >= 15 is 0 Å². The molecule has 0 bridgehead atoms. The van der Waals surface area contributed by atoms with Gasteiger partial charge in [-0.1, -0.05) is 27.7 Å². The first kappa shape index (κ1) is 13.7. The maximum Gasteiger partial charge on any atom is 0.312 e. The Morgan fingerprint density at radius 1 is 1.20 bits per heavy atom. The quantitative estimate of drug-likeness (QED) is 0.622. The highest BCUT2D eigenvalue weighted by Crippen LogP contribution is 2.01. The van der Waals surface area contributed by atoms with Crippen molar-refractivity contribution < 1.29 is 9.59 Å². The van der Waals surface area contributed by atoms with Crippen molar-refractivity contribution in [1.29, 1.82) is 0 Å². The van der Waals surface area contributed by atoms with Crippen LogP contribution in [0.2, 0.25) is 0 Å². The SMILES string of the molecule is CC(C)CNC(=O)[C@@H](NC(N)=O)C(C)C. The number of hydrogen-bond acceptors (Lipinski definition) is 2. The van der Waals surface area contributed by atoms with Crippen LogP contribution in [0, 0.1) is 11.8 Å². The topological polar surface area (TPSA) is 84.2 Å². The fourth-order valence-electron chi connectivity index (χ4n) is 1.10. The van der Waals surface area contributed by atoms with E-state index < -0.39 is 12.1 Å². The number of amides is 3. The predicted molar refractivity (Wildman–Crippen MR) is 59.2 cm³/mol. The Labute approximate surface area is 90.8 Å². The van der Waals surface area contributed by atoms with Gasteiger partial charge in [-0.05, 0) is 11.8 Å². The molecule has 0 heterocycles. The molecule has 5 heteroatoms. The molecule has 0 aromatic carbocycles. The van der Waals surface area contributed by atoms with Crippen LogP contribution in [0.15, 0.2) is 0 Å². The number of hydrogen-bond donors (Lipinski definition) is 3. The smallest absolute Gasteiger partial charge is 0.312 e. The van der Waals surface area contributed by atoms with E-state index in [4.69, 9.17) is 5.73 Å². The van der Waals surface area contributed by atoms with Gasteiger partial charge in [0.05, 0.1) is 0 Å². The normalized spacial score (nSPS) is 12.7. The molecule has 88 valence electrons. The average molecular weight is 215 g/mol. The lowest BCUT2D eigenvalue weighted by Gasteiger charge is -2.21. The van der Waals surface area contributed by atoms with Crippen LogP contribution in [0.4, 0.5) is 4.79 Å². The minimum atomic E-state index is -0.673. The minimum Gasteiger partial charge on any atom is -0.354 e. The number of urea groups is 1. The number of rotatable bonds is 5. The van der Waals surface area contributed by atoms with Gasteiger partial charge in [0.25, 0.3) is 0 Å². The predicted octanol–water partition coefficient (Wildman–Crippen LogP) is 0.452. The highest BCUT2D eigenvalue weighted by Gasteiger charge is 2.22. The van der Waals surface area contributed by atoms with Gasteiger partial charge in [0, 0.05) is 6.54 Å². The summed E-state index contributed by atoms with van der Waals surface area (Å²) in [5, 5.41) is 5.19. The maximum atomic E-state index is 11.6. The monoisotopic (exact) mass is 215 g/mol. The summed E-state index contributed by atoms with van der Waals surface area (Å²) in [6, 6.07) is -1.23. The highest BCUT2D eigenvalue weighted by atomic mass is 16.2. The van der Waals surface area contributed by atoms with Gasteiger partial charge >= 0.3 is 6.03 Å². The molecule has 4 N–H and O–H groups in total. The first-order valence-corrected chi connectivity index (χ1v) is 5.18. The standard InChI is InChI=1S/C10H21N3O2/c1-6(2)5-12-9(14)8(7(3)4)13-10(11)15/h6-8H,5H2,1-4H3,(H,12,14)(H3,11,13,15)/t8-/m0/s1. The van der Waals surface area contributed by atoms with E-state index in [1.165, 1.54) is 0 Å². The van der Waals surface area contributed by atoms with E-state index in [1.54, 1.807) is 0 Å². The lowest BCUT2D eigenvalue weighted by molar-refractivity contribution is -0.124. The van der Waals surface area contributed by atoms with E-state index in [-0.39, 0.29) is 11.8 Å². The van der Waals surface area contributed by atoms with Crippen LogP contribution in [0.3, 0.4) is 0 Å². The van der Waals surface area contributed by atoms with Crippen molar-refractivity contribution >= 4 is 11.9 Å². The molecule has 15 heavy (non-hydrogen) atoms. The Bertz CT molecular complexity index is 227. The zero-order valence-corrected chi connectivity index (χ0v) is 9.83. The third-order valence-corrected chi connectivity index (χ3v) is 1.93. The van der Waals surface area contributed by atoms with E-state index in [2.05, 4.69) is 10.6 Å². The fourth-order valence-corrected chi connectivity index (χ4v) is 1.10. The first-order chi connectivity index (χ1) is 6.84. The molecule has 1 atom stereocenters. The van der Waals surface area contributed by atoms with Gasteiger partial charge < -0.3 is 16.4 Å². The Kier molecular flexibility index (Phi) is 5.74. The molecule has 0 saturated carbocycles. The van der Waals surface area contributed by atoms with Crippen molar-refractivity contribution in [2.75, 3.05) is 6.54 Å². The molecule has 0 fully saturated rings. The summed E-state index contributed by atoms with van der Waals surface area (Å²) in [7, 11) is 0. The minimum absolute atomic E-state index is 0.0182. The molecule has 0 aliphatic carbocycles. The third kappa shape index (κ3) is 5.93. The van der Waals surface area contributed by atoms with Crippen LogP contribution in [-0.4, -0.2) is 24.5 Å². The molecule has 5 nitrogen and oxygen atoms in total. The van der Waals surface area contributed by atoms with Crippen molar-refractivity contribution in [1.82, 2.24) is 10.6 Å². The Morgan fingerprint density at radius 2 is 1.73 bits per heavy atom. The lowest BCUT2D eigenvalue weighted by atomic mass is 10.0. The van der Waals surface area contributed by atoms with Crippen LogP contribution in [0.25, 0.3) is 0 Å². The van der Waals surface area contributed by atoms with Crippen molar-refractivity contribution in [2.45, 2.75) is 33.7 Å². The molecule has 0 aromatic rings. The number of carbonyl (C=O) groups is 2. The second-order valence-electron chi connectivity index (χ2n) is 4.37. The Balaban J connectivity index is 4.23. The molecule has 0 aliphatic rings. The van der Waals surface area contributed by atoms with Crippen LogP contribution in [0.1, 0.15) is 27.7 Å². The van der Waals surface area contributed by atoms with Gasteiger partial charge in [-0.25, -0.2) is 4.79 Å². The van der Waals surface area contributed by atoms with Crippen molar-refractivity contribution in [3.05, 3.63) is 0 Å². The molecular formula is C10H21N3O2. The summed E-state index contributed by atoms with van der Waals surface area (Å²) < 4.78 is 0.